The first-order valence-corrected chi connectivity index (χ1v) is 7.52. The van der Waals surface area contributed by atoms with Crippen LogP contribution >= 0.6 is 0 Å². The zero-order valence-electron chi connectivity index (χ0n) is 13.4. The highest BCUT2D eigenvalue weighted by Crippen LogP contribution is 2.28. The standard InChI is InChI=1S/C17H19FN2O3/c1-17(2,3)16-19-12-9-20(7-6-14(12)23-16)15(22)10-4-5-11(18)13(21)8-10/h4-5,8,21H,6-7,9H2,1-3H3. The minimum atomic E-state index is -0.742. The Kier molecular flexibility index (Phi) is 3.62. The molecule has 0 atom stereocenters. The van der Waals surface area contributed by atoms with Gasteiger partial charge in [0.1, 0.15) is 11.5 Å². The van der Waals surface area contributed by atoms with Crippen molar-refractivity contribution in [2.75, 3.05) is 6.54 Å². The van der Waals surface area contributed by atoms with E-state index in [1.54, 1.807) is 4.90 Å². The normalized spacial score (nSPS) is 14.7. The molecule has 0 bridgehead atoms. The summed E-state index contributed by atoms with van der Waals surface area (Å²) < 4.78 is 18.9. The van der Waals surface area contributed by atoms with Crippen molar-refractivity contribution in [1.29, 1.82) is 0 Å². The van der Waals surface area contributed by atoms with E-state index in [0.717, 1.165) is 23.6 Å². The Labute approximate surface area is 133 Å². The molecule has 3 rings (SSSR count). The van der Waals surface area contributed by atoms with Gasteiger partial charge < -0.3 is 14.4 Å². The second-order valence-corrected chi connectivity index (χ2v) is 6.78. The van der Waals surface area contributed by atoms with Gasteiger partial charge in [-0.2, -0.15) is 0 Å². The van der Waals surface area contributed by atoms with E-state index in [0.29, 0.717) is 25.4 Å². The fourth-order valence-electron chi connectivity index (χ4n) is 2.52. The predicted octanol–water partition coefficient (Wildman–Crippen LogP) is 3.02. The van der Waals surface area contributed by atoms with Crippen molar-refractivity contribution in [3.8, 4) is 5.75 Å². The first-order chi connectivity index (χ1) is 10.8. The van der Waals surface area contributed by atoms with Gasteiger partial charge in [0.05, 0.1) is 6.54 Å². The van der Waals surface area contributed by atoms with Crippen LogP contribution in [0.4, 0.5) is 4.39 Å². The van der Waals surface area contributed by atoms with Crippen molar-refractivity contribution in [3.05, 3.63) is 46.9 Å². The summed E-state index contributed by atoms with van der Waals surface area (Å²) >= 11 is 0. The molecule has 0 saturated heterocycles. The Hall–Kier alpha value is -2.37. The van der Waals surface area contributed by atoms with Gasteiger partial charge in [-0.3, -0.25) is 4.79 Å². The van der Waals surface area contributed by atoms with Crippen LogP contribution in [0.1, 0.15) is 48.5 Å². The number of oxazole rings is 1. The third-order valence-corrected chi connectivity index (χ3v) is 3.85. The highest BCUT2D eigenvalue weighted by Gasteiger charge is 2.29. The van der Waals surface area contributed by atoms with Crippen LogP contribution in [0.3, 0.4) is 0 Å². The zero-order chi connectivity index (χ0) is 16.8. The predicted molar refractivity (Wildman–Crippen MR) is 81.7 cm³/mol. The fourth-order valence-corrected chi connectivity index (χ4v) is 2.52. The highest BCUT2D eigenvalue weighted by atomic mass is 19.1. The van der Waals surface area contributed by atoms with E-state index in [-0.39, 0.29) is 16.9 Å². The third kappa shape index (κ3) is 2.93. The Morgan fingerprint density at radius 2 is 2.13 bits per heavy atom. The Bertz CT molecular complexity index is 762. The second-order valence-electron chi connectivity index (χ2n) is 6.78. The van der Waals surface area contributed by atoms with Gasteiger partial charge in [-0.25, -0.2) is 9.37 Å². The van der Waals surface area contributed by atoms with Crippen LogP contribution in [0.2, 0.25) is 0 Å². The Morgan fingerprint density at radius 3 is 2.78 bits per heavy atom. The molecule has 1 aromatic carbocycles. The lowest BCUT2D eigenvalue weighted by Crippen LogP contribution is -2.35. The number of phenolic OH excluding ortho intramolecular Hbond substituents is 1. The summed E-state index contributed by atoms with van der Waals surface area (Å²) in [6, 6.07) is 3.61. The summed E-state index contributed by atoms with van der Waals surface area (Å²) in [6.45, 7) is 6.92. The van der Waals surface area contributed by atoms with Gasteiger partial charge in [0, 0.05) is 23.9 Å². The summed E-state index contributed by atoms with van der Waals surface area (Å²) in [5, 5.41) is 9.42. The van der Waals surface area contributed by atoms with Gasteiger partial charge in [0.25, 0.3) is 5.91 Å². The van der Waals surface area contributed by atoms with Gasteiger partial charge >= 0.3 is 0 Å². The zero-order valence-corrected chi connectivity index (χ0v) is 13.4. The minimum Gasteiger partial charge on any atom is -0.505 e. The van der Waals surface area contributed by atoms with E-state index in [9.17, 15) is 14.3 Å². The number of phenols is 1. The number of carbonyl (C=O) groups excluding carboxylic acids is 1. The van der Waals surface area contributed by atoms with Crippen LogP contribution in [0.25, 0.3) is 0 Å². The van der Waals surface area contributed by atoms with E-state index in [4.69, 9.17) is 4.42 Å². The van der Waals surface area contributed by atoms with E-state index >= 15 is 0 Å². The van der Waals surface area contributed by atoms with E-state index in [1.807, 2.05) is 20.8 Å². The maximum absolute atomic E-state index is 13.1. The maximum atomic E-state index is 13.1. The number of fused-ring (bicyclic) bond motifs is 1. The lowest BCUT2D eigenvalue weighted by Gasteiger charge is -2.25. The van der Waals surface area contributed by atoms with Crippen molar-refractivity contribution in [2.24, 2.45) is 0 Å². The van der Waals surface area contributed by atoms with Gasteiger partial charge in [0.15, 0.2) is 17.5 Å². The molecule has 122 valence electrons. The maximum Gasteiger partial charge on any atom is 0.254 e. The van der Waals surface area contributed by atoms with E-state index in [2.05, 4.69) is 4.98 Å². The molecule has 23 heavy (non-hydrogen) atoms. The lowest BCUT2D eigenvalue weighted by molar-refractivity contribution is 0.0727. The fraction of sp³-hybridized carbons (Fsp3) is 0.412. The molecular weight excluding hydrogens is 299 g/mol. The largest absolute Gasteiger partial charge is 0.505 e. The quantitative estimate of drug-likeness (QED) is 0.878. The SMILES string of the molecule is CC(C)(C)c1nc2c(o1)CCN(C(=O)c1ccc(F)c(O)c1)C2. The summed E-state index contributed by atoms with van der Waals surface area (Å²) in [5.41, 5.74) is 0.835. The summed E-state index contributed by atoms with van der Waals surface area (Å²) in [4.78, 5) is 18.6. The molecule has 0 aliphatic carbocycles. The molecule has 1 N–H and O–H groups in total. The molecule has 1 aliphatic rings. The molecule has 0 saturated carbocycles. The first kappa shape index (κ1) is 15.5. The number of hydrogen-bond acceptors (Lipinski definition) is 4. The van der Waals surface area contributed by atoms with E-state index in [1.165, 1.54) is 6.07 Å². The molecule has 2 aromatic rings. The van der Waals surface area contributed by atoms with Crippen molar-refractivity contribution < 1.29 is 18.7 Å². The number of aromatic nitrogens is 1. The van der Waals surface area contributed by atoms with Gasteiger partial charge in [-0.05, 0) is 18.2 Å². The number of nitrogens with zero attached hydrogens (tertiary/aromatic N) is 2. The average Bonchev–Trinajstić information content (AvgIpc) is 2.92. The number of rotatable bonds is 1. The lowest BCUT2D eigenvalue weighted by atomic mass is 9.97. The number of hydrogen-bond donors (Lipinski definition) is 1. The number of halogens is 1. The molecule has 0 fully saturated rings. The van der Waals surface area contributed by atoms with Crippen molar-refractivity contribution in [1.82, 2.24) is 9.88 Å². The molecule has 6 heteroatoms. The van der Waals surface area contributed by atoms with Crippen molar-refractivity contribution in [2.45, 2.75) is 39.2 Å². The Balaban J connectivity index is 1.82. The summed E-state index contributed by atoms with van der Waals surface area (Å²) in [5.74, 6) is -0.0396. The molecule has 1 aliphatic heterocycles. The van der Waals surface area contributed by atoms with E-state index < -0.39 is 11.6 Å². The molecule has 1 aromatic heterocycles. The van der Waals surface area contributed by atoms with Crippen LogP contribution in [-0.2, 0) is 18.4 Å². The smallest absolute Gasteiger partial charge is 0.254 e. The summed E-state index contributed by atoms with van der Waals surface area (Å²) in [7, 11) is 0. The first-order valence-electron chi connectivity index (χ1n) is 7.52. The van der Waals surface area contributed by atoms with Gasteiger partial charge in [-0.1, -0.05) is 20.8 Å². The third-order valence-electron chi connectivity index (χ3n) is 3.85. The number of amides is 1. The molecule has 1 amide bonds. The topological polar surface area (TPSA) is 66.6 Å². The van der Waals surface area contributed by atoms with Crippen molar-refractivity contribution >= 4 is 5.91 Å². The minimum absolute atomic E-state index is 0.186. The number of aromatic hydroxyl groups is 1. The van der Waals surface area contributed by atoms with Crippen LogP contribution in [0.5, 0.6) is 5.75 Å². The van der Waals surface area contributed by atoms with Gasteiger partial charge in [-0.15, -0.1) is 0 Å². The molecule has 5 nitrogen and oxygen atoms in total. The van der Waals surface area contributed by atoms with Crippen LogP contribution in [0.15, 0.2) is 22.6 Å². The van der Waals surface area contributed by atoms with Crippen LogP contribution in [-0.4, -0.2) is 27.4 Å². The molecule has 0 unspecified atom stereocenters. The second kappa shape index (κ2) is 5.37. The Morgan fingerprint density at radius 1 is 1.39 bits per heavy atom. The number of carbonyl (C=O) groups is 1. The molecular formula is C17H19FN2O3. The van der Waals surface area contributed by atoms with Crippen LogP contribution < -0.4 is 0 Å². The molecule has 2 heterocycles. The van der Waals surface area contributed by atoms with Crippen LogP contribution in [0, 0.1) is 5.82 Å². The molecule has 0 spiro atoms. The van der Waals surface area contributed by atoms with Gasteiger partial charge in [0.2, 0.25) is 0 Å². The monoisotopic (exact) mass is 318 g/mol. The molecule has 0 radical (unpaired) electrons. The summed E-state index contributed by atoms with van der Waals surface area (Å²) in [6.07, 6.45) is 0.595. The van der Waals surface area contributed by atoms with Crippen molar-refractivity contribution in [3.63, 3.8) is 0 Å². The number of benzene rings is 1. The highest BCUT2D eigenvalue weighted by molar-refractivity contribution is 5.94. The average molecular weight is 318 g/mol.